The molecule has 1 heterocycles. The SMILES string of the molecule is CCc1cnc(SCC(=O)O)n1-c1cc(Br)ccc1Br. The van der Waals surface area contributed by atoms with Crippen LogP contribution in [0.5, 0.6) is 0 Å². The number of aliphatic carboxylic acids is 1. The van der Waals surface area contributed by atoms with Crippen molar-refractivity contribution in [3.8, 4) is 5.69 Å². The molecule has 0 unspecified atom stereocenters. The summed E-state index contributed by atoms with van der Waals surface area (Å²) in [5, 5.41) is 9.51. The predicted octanol–water partition coefficient (Wildman–Crippen LogP) is 4.14. The maximum absolute atomic E-state index is 10.7. The zero-order valence-corrected chi connectivity index (χ0v) is 14.6. The van der Waals surface area contributed by atoms with Gasteiger partial charge in [0.1, 0.15) is 0 Å². The van der Waals surface area contributed by atoms with Crippen molar-refractivity contribution in [1.29, 1.82) is 0 Å². The van der Waals surface area contributed by atoms with Crippen LogP contribution in [0.15, 0.2) is 38.5 Å². The number of carboxylic acids is 1. The number of rotatable bonds is 5. The average molecular weight is 420 g/mol. The molecule has 0 saturated carbocycles. The van der Waals surface area contributed by atoms with E-state index in [0.29, 0.717) is 5.16 Å². The number of imidazole rings is 1. The van der Waals surface area contributed by atoms with Gasteiger partial charge >= 0.3 is 5.97 Å². The Morgan fingerprint density at radius 3 is 2.85 bits per heavy atom. The summed E-state index contributed by atoms with van der Waals surface area (Å²) in [6.07, 6.45) is 2.61. The smallest absolute Gasteiger partial charge is 0.313 e. The first kappa shape index (κ1) is 15.6. The predicted molar refractivity (Wildman–Crippen MR) is 86.7 cm³/mol. The lowest BCUT2D eigenvalue weighted by Crippen LogP contribution is -2.04. The van der Waals surface area contributed by atoms with E-state index in [0.717, 1.165) is 26.7 Å². The van der Waals surface area contributed by atoms with E-state index in [1.54, 1.807) is 6.20 Å². The highest BCUT2D eigenvalue weighted by molar-refractivity contribution is 9.11. The monoisotopic (exact) mass is 418 g/mol. The summed E-state index contributed by atoms with van der Waals surface area (Å²) in [6, 6.07) is 5.88. The average Bonchev–Trinajstić information content (AvgIpc) is 2.82. The summed E-state index contributed by atoms with van der Waals surface area (Å²) in [5.41, 5.74) is 1.98. The maximum atomic E-state index is 10.7. The van der Waals surface area contributed by atoms with Gasteiger partial charge in [0.05, 0.1) is 11.4 Å². The van der Waals surface area contributed by atoms with E-state index in [1.807, 2.05) is 29.7 Å². The summed E-state index contributed by atoms with van der Waals surface area (Å²) < 4.78 is 3.88. The Balaban J connectivity index is 2.50. The second kappa shape index (κ2) is 6.78. The second-order valence-corrected chi connectivity index (χ2v) is 6.71. The Hall–Kier alpha value is -0.790. The zero-order valence-electron chi connectivity index (χ0n) is 10.6. The maximum Gasteiger partial charge on any atom is 0.313 e. The van der Waals surface area contributed by atoms with Gasteiger partial charge < -0.3 is 5.11 Å². The lowest BCUT2D eigenvalue weighted by molar-refractivity contribution is -0.133. The molecule has 0 fully saturated rings. The molecule has 0 atom stereocenters. The van der Waals surface area contributed by atoms with E-state index in [2.05, 4.69) is 36.8 Å². The quantitative estimate of drug-likeness (QED) is 0.740. The van der Waals surface area contributed by atoms with E-state index >= 15 is 0 Å². The van der Waals surface area contributed by atoms with Crippen molar-refractivity contribution in [1.82, 2.24) is 9.55 Å². The first-order valence-electron chi connectivity index (χ1n) is 5.89. The molecular weight excluding hydrogens is 408 g/mol. The fraction of sp³-hybridized carbons (Fsp3) is 0.231. The van der Waals surface area contributed by atoms with Crippen LogP contribution in [0.4, 0.5) is 0 Å². The Morgan fingerprint density at radius 1 is 1.45 bits per heavy atom. The summed E-state index contributed by atoms with van der Waals surface area (Å²) in [7, 11) is 0. The molecular formula is C13H12Br2N2O2S. The van der Waals surface area contributed by atoms with Crippen molar-refractivity contribution in [2.75, 3.05) is 5.75 Å². The summed E-state index contributed by atoms with van der Waals surface area (Å²) >= 11 is 8.21. The van der Waals surface area contributed by atoms with Crippen LogP contribution in [0, 0.1) is 0 Å². The van der Waals surface area contributed by atoms with Gasteiger partial charge in [0.15, 0.2) is 5.16 Å². The Morgan fingerprint density at radius 2 is 2.20 bits per heavy atom. The molecule has 0 bridgehead atoms. The van der Waals surface area contributed by atoms with Crippen molar-refractivity contribution < 1.29 is 9.90 Å². The molecule has 1 N–H and O–H groups in total. The number of nitrogens with zero attached hydrogens (tertiary/aromatic N) is 2. The third-order valence-electron chi connectivity index (χ3n) is 2.64. The molecule has 1 aromatic heterocycles. The number of carboxylic acid groups (broad SMARTS) is 1. The van der Waals surface area contributed by atoms with Crippen molar-refractivity contribution in [3.05, 3.63) is 39.0 Å². The first-order valence-corrected chi connectivity index (χ1v) is 8.46. The van der Waals surface area contributed by atoms with Crippen LogP contribution in [0.1, 0.15) is 12.6 Å². The molecule has 0 aliphatic rings. The minimum atomic E-state index is -0.851. The topological polar surface area (TPSA) is 55.1 Å². The highest BCUT2D eigenvalue weighted by Crippen LogP contribution is 2.30. The highest BCUT2D eigenvalue weighted by Gasteiger charge is 2.15. The highest BCUT2D eigenvalue weighted by atomic mass is 79.9. The van der Waals surface area contributed by atoms with Gasteiger partial charge in [0, 0.05) is 20.8 Å². The third kappa shape index (κ3) is 3.45. The van der Waals surface area contributed by atoms with Gasteiger partial charge in [-0.15, -0.1) is 0 Å². The lowest BCUT2D eigenvalue weighted by atomic mass is 10.3. The number of aryl methyl sites for hydroxylation is 1. The Labute approximate surface area is 137 Å². The number of halogens is 2. The number of hydrogen-bond donors (Lipinski definition) is 1. The molecule has 0 amide bonds. The molecule has 7 heteroatoms. The van der Waals surface area contributed by atoms with Crippen molar-refractivity contribution in [2.24, 2.45) is 0 Å². The van der Waals surface area contributed by atoms with Crippen LogP contribution in [-0.4, -0.2) is 26.4 Å². The standard InChI is InChI=1S/C13H12Br2N2O2S/c1-2-9-6-16-13(20-7-12(18)19)17(9)11-5-8(14)3-4-10(11)15/h3-6H,2,7H2,1H3,(H,18,19). The van der Waals surface area contributed by atoms with Crippen LogP contribution in [0.3, 0.4) is 0 Å². The number of aromatic nitrogens is 2. The summed E-state index contributed by atoms with van der Waals surface area (Å²) in [4.78, 5) is 15.1. The summed E-state index contributed by atoms with van der Waals surface area (Å²) in [5.74, 6) is -0.859. The molecule has 1 aromatic carbocycles. The minimum Gasteiger partial charge on any atom is -0.481 e. The molecule has 106 valence electrons. The van der Waals surface area contributed by atoms with Crippen molar-refractivity contribution in [3.63, 3.8) is 0 Å². The van der Waals surface area contributed by atoms with Crippen molar-refractivity contribution >= 4 is 49.6 Å². The second-order valence-electron chi connectivity index (χ2n) is 4.00. The molecule has 0 radical (unpaired) electrons. The van der Waals surface area contributed by atoms with Crippen molar-refractivity contribution in [2.45, 2.75) is 18.5 Å². The van der Waals surface area contributed by atoms with Gasteiger partial charge in [0.2, 0.25) is 0 Å². The molecule has 0 saturated heterocycles. The van der Waals surface area contributed by atoms with Crippen LogP contribution in [0.25, 0.3) is 5.69 Å². The van der Waals surface area contributed by atoms with Crippen LogP contribution >= 0.6 is 43.6 Å². The van der Waals surface area contributed by atoms with E-state index in [9.17, 15) is 4.79 Å². The summed E-state index contributed by atoms with van der Waals surface area (Å²) in [6.45, 7) is 2.05. The molecule has 0 spiro atoms. The number of hydrogen-bond acceptors (Lipinski definition) is 3. The fourth-order valence-corrected chi connectivity index (χ4v) is 3.26. The van der Waals surface area contributed by atoms with Gasteiger partial charge in [-0.2, -0.15) is 0 Å². The van der Waals surface area contributed by atoms with E-state index in [-0.39, 0.29) is 5.75 Å². The van der Waals surface area contributed by atoms with Gasteiger partial charge in [-0.25, -0.2) is 4.98 Å². The fourth-order valence-electron chi connectivity index (χ4n) is 1.76. The number of carbonyl (C=O) groups is 1. The normalized spacial score (nSPS) is 10.8. The molecule has 2 rings (SSSR count). The van der Waals surface area contributed by atoms with E-state index in [1.165, 1.54) is 11.8 Å². The minimum absolute atomic E-state index is 0.00814. The van der Waals surface area contributed by atoms with Crippen LogP contribution in [0.2, 0.25) is 0 Å². The third-order valence-corrected chi connectivity index (χ3v) is 4.74. The van der Waals surface area contributed by atoms with Gasteiger partial charge in [-0.3, -0.25) is 9.36 Å². The Kier molecular flexibility index (Phi) is 5.29. The lowest BCUT2D eigenvalue weighted by Gasteiger charge is -2.13. The largest absolute Gasteiger partial charge is 0.481 e. The zero-order chi connectivity index (χ0) is 14.7. The molecule has 0 aliphatic heterocycles. The first-order chi connectivity index (χ1) is 9.52. The van der Waals surface area contributed by atoms with E-state index < -0.39 is 5.97 Å². The number of thioether (sulfide) groups is 1. The Bertz CT molecular complexity index is 643. The number of benzene rings is 1. The van der Waals surface area contributed by atoms with Gasteiger partial charge in [-0.05, 0) is 40.5 Å². The van der Waals surface area contributed by atoms with Crippen LogP contribution in [-0.2, 0) is 11.2 Å². The van der Waals surface area contributed by atoms with E-state index in [4.69, 9.17) is 5.11 Å². The van der Waals surface area contributed by atoms with Gasteiger partial charge in [0.25, 0.3) is 0 Å². The van der Waals surface area contributed by atoms with Gasteiger partial charge in [-0.1, -0.05) is 34.6 Å². The molecule has 0 aliphatic carbocycles. The molecule has 4 nitrogen and oxygen atoms in total. The molecule has 20 heavy (non-hydrogen) atoms. The molecule has 2 aromatic rings. The van der Waals surface area contributed by atoms with Crippen LogP contribution < -0.4 is 0 Å².